The van der Waals surface area contributed by atoms with Gasteiger partial charge in [0.2, 0.25) is 0 Å². The van der Waals surface area contributed by atoms with E-state index in [9.17, 15) is 0 Å². The molecule has 0 bridgehead atoms. The summed E-state index contributed by atoms with van der Waals surface area (Å²) >= 11 is 12.4. The fourth-order valence-corrected chi connectivity index (χ4v) is 2.79. The van der Waals surface area contributed by atoms with E-state index in [1.807, 2.05) is 12.1 Å². The van der Waals surface area contributed by atoms with Crippen LogP contribution >= 0.6 is 23.2 Å². The van der Waals surface area contributed by atoms with E-state index in [1.54, 1.807) is 0 Å². The van der Waals surface area contributed by atoms with E-state index in [4.69, 9.17) is 23.2 Å². The summed E-state index contributed by atoms with van der Waals surface area (Å²) in [6, 6.07) is 16.7. The van der Waals surface area contributed by atoms with Gasteiger partial charge in [-0.2, -0.15) is 0 Å². The fourth-order valence-electron chi connectivity index (χ4n) is 2.26. The Morgan fingerprint density at radius 2 is 1.74 bits per heavy atom. The molecule has 1 unspecified atom stereocenters. The molecule has 0 fully saturated rings. The Bertz CT molecular complexity index is 520. The van der Waals surface area contributed by atoms with Gasteiger partial charge in [-0.05, 0) is 48.4 Å². The van der Waals surface area contributed by atoms with E-state index in [0.717, 1.165) is 17.9 Å². The number of benzene rings is 2. The number of hydrogen-bond acceptors (Lipinski definition) is 0. The molecule has 1 atom stereocenters. The molecule has 2 heteroatoms. The zero-order valence-electron chi connectivity index (χ0n) is 11.1. The maximum atomic E-state index is 6.29. The zero-order chi connectivity index (χ0) is 13.7. The van der Waals surface area contributed by atoms with Crippen molar-refractivity contribution in [1.29, 1.82) is 0 Å². The molecular weight excluding hydrogens is 275 g/mol. The van der Waals surface area contributed by atoms with Crippen molar-refractivity contribution in [1.82, 2.24) is 0 Å². The van der Waals surface area contributed by atoms with Crippen LogP contribution in [0.4, 0.5) is 0 Å². The zero-order valence-corrected chi connectivity index (χ0v) is 12.6. The first-order valence-electron chi connectivity index (χ1n) is 6.54. The van der Waals surface area contributed by atoms with Crippen LogP contribution in [0.1, 0.15) is 16.7 Å². The van der Waals surface area contributed by atoms with E-state index in [1.165, 1.54) is 16.7 Å². The van der Waals surface area contributed by atoms with Gasteiger partial charge in [-0.3, -0.25) is 0 Å². The van der Waals surface area contributed by atoms with Crippen molar-refractivity contribution in [2.45, 2.75) is 19.8 Å². The van der Waals surface area contributed by atoms with Crippen LogP contribution in [-0.2, 0) is 12.8 Å². The predicted molar refractivity (Wildman–Crippen MR) is 84.2 cm³/mol. The molecule has 0 saturated carbocycles. The van der Waals surface area contributed by atoms with Crippen LogP contribution < -0.4 is 0 Å². The number of halogens is 2. The lowest BCUT2D eigenvalue weighted by Crippen LogP contribution is -2.10. The van der Waals surface area contributed by atoms with E-state index >= 15 is 0 Å². The normalized spacial score (nSPS) is 12.4. The second-order valence-electron chi connectivity index (χ2n) is 5.01. The predicted octanol–water partition coefficient (Wildman–Crippen LogP) is 5.29. The summed E-state index contributed by atoms with van der Waals surface area (Å²) in [4.78, 5) is 0. The third kappa shape index (κ3) is 4.26. The summed E-state index contributed by atoms with van der Waals surface area (Å²) < 4.78 is 0. The summed E-state index contributed by atoms with van der Waals surface area (Å²) in [5, 5.41) is 0.850. The van der Waals surface area contributed by atoms with Gasteiger partial charge in [-0.15, -0.1) is 11.6 Å². The van der Waals surface area contributed by atoms with Crippen LogP contribution in [0, 0.1) is 12.8 Å². The highest BCUT2D eigenvalue weighted by molar-refractivity contribution is 6.31. The SMILES string of the molecule is Cc1ccc(CC(CCl)Cc2ccccc2)c(Cl)c1. The van der Waals surface area contributed by atoms with E-state index in [2.05, 4.69) is 43.3 Å². The maximum absolute atomic E-state index is 6.29. The average Bonchev–Trinajstić information content (AvgIpc) is 2.42. The van der Waals surface area contributed by atoms with E-state index in [-0.39, 0.29) is 0 Å². The highest BCUT2D eigenvalue weighted by Gasteiger charge is 2.11. The summed E-state index contributed by atoms with van der Waals surface area (Å²) in [5.41, 5.74) is 3.71. The first-order valence-corrected chi connectivity index (χ1v) is 7.45. The van der Waals surface area contributed by atoms with Gasteiger partial charge in [-0.25, -0.2) is 0 Å². The second-order valence-corrected chi connectivity index (χ2v) is 5.72. The molecule has 100 valence electrons. The third-order valence-corrected chi connectivity index (χ3v) is 4.09. The summed E-state index contributed by atoms with van der Waals surface area (Å²) in [7, 11) is 0. The van der Waals surface area contributed by atoms with Gasteiger partial charge in [0, 0.05) is 10.9 Å². The number of alkyl halides is 1. The van der Waals surface area contributed by atoms with Gasteiger partial charge >= 0.3 is 0 Å². The molecule has 0 aromatic heterocycles. The number of aryl methyl sites for hydroxylation is 1. The van der Waals surface area contributed by atoms with Crippen molar-refractivity contribution in [3.63, 3.8) is 0 Å². The van der Waals surface area contributed by atoms with Crippen molar-refractivity contribution in [3.8, 4) is 0 Å². The van der Waals surface area contributed by atoms with Gasteiger partial charge in [-0.1, -0.05) is 54.1 Å². The first-order chi connectivity index (χ1) is 9.19. The minimum atomic E-state index is 0.421. The molecule has 0 aliphatic rings. The summed E-state index contributed by atoms with van der Waals surface area (Å²) in [6.45, 7) is 2.05. The van der Waals surface area contributed by atoms with Gasteiger partial charge < -0.3 is 0 Å². The molecule has 0 N–H and O–H groups in total. The van der Waals surface area contributed by atoms with E-state index in [0.29, 0.717) is 11.8 Å². The van der Waals surface area contributed by atoms with Crippen LogP contribution in [0.2, 0.25) is 5.02 Å². The Kier molecular flexibility index (Phi) is 5.30. The quantitative estimate of drug-likeness (QED) is 0.657. The van der Waals surface area contributed by atoms with Crippen LogP contribution in [0.3, 0.4) is 0 Å². The van der Waals surface area contributed by atoms with Crippen molar-refractivity contribution < 1.29 is 0 Å². The Balaban J connectivity index is 2.06. The largest absolute Gasteiger partial charge is 0.126 e. The van der Waals surface area contributed by atoms with Gasteiger partial charge in [0.1, 0.15) is 0 Å². The van der Waals surface area contributed by atoms with Crippen LogP contribution in [0.5, 0.6) is 0 Å². The van der Waals surface area contributed by atoms with Crippen molar-refractivity contribution in [2.24, 2.45) is 5.92 Å². The highest BCUT2D eigenvalue weighted by atomic mass is 35.5. The van der Waals surface area contributed by atoms with Crippen LogP contribution in [0.15, 0.2) is 48.5 Å². The van der Waals surface area contributed by atoms with Crippen molar-refractivity contribution in [2.75, 3.05) is 5.88 Å². The molecule has 0 aliphatic carbocycles. The number of hydrogen-bond donors (Lipinski definition) is 0. The standard InChI is InChI=1S/C17H18Cl2/c1-13-7-8-16(17(19)9-13)11-15(12-18)10-14-5-3-2-4-6-14/h2-9,15H,10-12H2,1H3. The third-order valence-electron chi connectivity index (χ3n) is 3.30. The minimum absolute atomic E-state index is 0.421. The van der Waals surface area contributed by atoms with Gasteiger partial charge in [0.05, 0.1) is 0 Å². The van der Waals surface area contributed by atoms with Crippen LogP contribution in [0.25, 0.3) is 0 Å². The Hall–Kier alpha value is -0.980. The fraction of sp³-hybridized carbons (Fsp3) is 0.294. The lowest BCUT2D eigenvalue weighted by molar-refractivity contribution is 0.584. The molecule has 2 aromatic rings. The molecule has 0 aliphatic heterocycles. The molecular formula is C17H18Cl2. The molecule has 0 saturated heterocycles. The summed E-state index contributed by atoms with van der Waals surface area (Å²) in [6.07, 6.45) is 1.92. The Morgan fingerprint density at radius 1 is 1.00 bits per heavy atom. The van der Waals surface area contributed by atoms with Crippen molar-refractivity contribution >= 4 is 23.2 Å². The molecule has 19 heavy (non-hydrogen) atoms. The maximum Gasteiger partial charge on any atom is 0.0440 e. The van der Waals surface area contributed by atoms with Gasteiger partial charge in [0.15, 0.2) is 0 Å². The Morgan fingerprint density at radius 3 is 2.37 bits per heavy atom. The minimum Gasteiger partial charge on any atom is -0.126 e. The molecule has 2 aromatic carbocycles. The Labute approximate surface area is 125 Å². The van der Waals surface area contributed by atoms with Crippen LogP contribution in [-0.4, -0.2) is 5.88 Å². The van der Waals surface area contributed by atoms with Gasteiger partial charge in [0.25, 0.3) is 0 Å². The lowest BCUT2D eigenvalue weighted by atomic mass is 9.94. The number of rotatable bonds is 5. The molecule has 0 nitrogen and oxygen atoms in total. The first kappa shape index (κ1) is 14.4. The summed E-state index contributed by atoms with van der Waals surface area (Å²) in [5.74, 6) is 1.07. The smallest absolute Gasteiger partial charge is 0.0440 e. The van der Waals surface area contributed by atoms with Crippen molar-refractivity contribution in [3.05, 3.63) is 70.2 Å². The second kappa shape index (κ2) is 6.98. The molecule has 2 rings (SSSR count). The molecule has 0 heterocycles. The topological polar surface area (TPSA) is 0 Å². The molecule has 0 radical (unpaired) electrons. The van der Waals surface area contributed by atoms with E-state index < -0.39 is 0 Å². The molecule has 0 amide bonds. The monoisotopic (exact) mass is 292 g/mol. The average molecular weight is 293 g/mol. The lowest BCUT2D eigenvalue weighted by Gasteiger charge is -2.15. The molecule has 0 spiro atoms. The highest BCUT2D eigenvalue weighted by Crippen LogP contribution is 2.23.